The van der Waals surface area contributed by atoms with Gasteiger partial charge in [-0.3, -0.25) is 0 Å². The third-order valence-corrected chi connectivity index (χ3v) is 1.63. The molecule has 0 fully saturated rings. The molecular weight excluding hydrogens is 156 g/mol. The van der Waals surface area contributed by atoms with Crippen molar-refractivity contribution in [1.82, 2.24) is 0 Å². The number of hydrogen-bond donors (Lipinski definition) is 0. The Morgan fingerprint density at radius 2 is 1.62 bits per heavy atom. The van der Waals surface area contributed by atoms with E-state index in [4.69, 9.17) is 0 Å². The minimum atomic E-state index is 1.04. The van der Waals surface area contributed by atoms with Crippen LogP contribution in [0, 0.1) is 0 Å². The van der Waals surface area contributed by atoms with Crippen LogP contribution in [0.15, 0.2) is 60.3 Å². The molecule has 70 valence electrons. The normalized spacial score (nSPS) is 13.6. The van der Waals surface area contributed by atoms with Gasteiger partial charge in [0.05, 0.1) is 0 Å². The smallest absolute Gasteiger partial charge is 0.0236 e. The second-order valence-corrected chi connectivity index (χ2v) is 2.65. The zero-order valence-corrected chi connectivity index (χ0v) is 8.75. The van der Waals surface area contributed by atoms with Crippen molar-refractivity contribution in [3.05, 3.63) is 60.3 Å². The van der Waals surface area contributed by atoms with E-state index in [1.165, 1.54) is 5.57 Å². The van der Waals surface area contributed by atoms with Crippen molar-refractivity contribution in [3.8, 4) is 0 Å². The summed E-state index contributed by atoms with van der Waals surface area (Å²) < 4.78 is 0. The Bertz CT molecular complexity index is 260. The second kappa shape index (κ2) is 7.35. The molecule has 0 unspecified atom stereocenters. The first-order valence-corrected chi connectivity index (χ1v) is 4.53. The van der Waals surface area contributed by atoms with Crippen molar-refractivity contribution < 1.29 is 0 Å². The maximum atomic E-state index is 3.98. The SMILES string of the molecule is C=C(/C=C\C=C/C)C(/C=C\C)=C/C. The molecule has 0 radical (unpaired) electrons. The van der Waals surface area contributed by atoms with Gasteiger partial charge in [-0.1, -0.05) is 49.1 Å². The molecule has 0 amide bonds. The van der Waals surface area contributed by atoms with Crippen molar-refractivity contribution in [2.75, 3.05) is 0 Å². The molecular formula is C13H18. The molecule has 0 rings (SSSR count). The van der Waals surface area contributed by atoms with Crippen molar-refractivity contribution in [1.29, 1.82) is 0 Å². The topological polar surface area (TPSA) is 0 Å². The maximum Gasteiger partial charge on any atom is -0.0236 e. The highest BCUT2D eigenvalue weighted by molar-refractivity contribution is 5.44. The number of hydrogen-bond acceptors (Lipinski definition) is 0. The summed E-state index contributed by atoms with van der Waals surface area (Å²) >= 11 is 0. The first-order valence-electron chi connectivity index (χ1n) is 4.53. The van der Waals surface area contributed by atoms with Crippen molar-refractivity contribution in [2.45, 2.75) is 20.8 Å². The molecule has 0 N–H and O–H groups in total. The van der Waals surface area contributed by atoms with Crippen LogP contribution in [-0.4, -0.2) is 0 Å². The third kappa shape index (κ3) is 5.02. The van der Waals surface area contributed by atoms with E-state index in [0.29, 0.717) is 0 Å². The fourth-order valence-corrected chi connectivity index (χ4v) is 0.947. The molecule has 0 nitrogen and oxygen atoms in total. The number of allylic oxidation sites excluding steroid dienone is 9. The van der Waals surface area contributed by atoms with Crippen LogP contribution in [0.1, 0.15) is 20.8 Å². The molecule has 13 heavy (non-hydrogen) atoms. The molecule has 0 aliphatic rings. The van der Waals surface area contributed by atoms with E-state index in [1.807, 2.05) is 51.2 Å². The van der Waals surface area contributed by atoms with Gasteiger partial charge in [-0.25, -0.2) is 0 Å². The summed E-state index contributed by atoms with van der Waals surface area (Å²) in [6.45, 7) is 10.00. The highest BCUT2D eigenvalue weighted by Gasteiger charge is 1.90. The Hall–Kier alpha value is -1.30. The Balaban J connectivity index is 4.41. The van der Waals surface area contributed by atoms with Crippen LogP contribution in [0.3, 0.4) is 0 Å². The van der Waals surface area contributed by atoms with Gasteiger partial charge in [0, 0.05) is 0 Å². The van der Waals surface area contributed by atoms with Crippen LogP contribution in [0.25, 0.3) is 0 Å². The summed E-state index contributed by atoms with van der Waals surface area (Å²) in [5.41, 5.74) is 2.21. The lowest BCUT2D eigenvalue weighted by molar-refractivity contribution is 1.50. The van der Waals surface area contributed by atoms with E-state index in [9.17, 15) is 0 Å². The van der Waals surface area contributed by atoms with E-state index >= 15 is 0 Å². The highest BCUT2D eigenvalue weighted by Crippen LogP contribution is 2.10. The van der Waals surface area contributed by atoms with Gasteiger partial charge in [-0.05, 0) is 31.9 Å². The van der Waals surface area contributed by atoms with Crippen LogP contribution in [0.2, 0.25) is 0 Å². The molecule has 0 heteroatoms. The fourth-order valence-electron chi connectivity index (χ4n) is 0.947. The van der Waals surface area contributed by atoms with Gasteiger partial charge in [-0.15, -0.1) is 0 Å². The quantitative estimate of drug-likeness (QED) is 0.560. The average molecular weight is 174 g/mol. The molecule has 0 aromatic carbocycles. The second-order valence-electron chi connectivity index (χ2n) is 2.65. The Labute approximate surface area is 81.7 Å². The Kier molecular flexibility index (Phi) is 6.62. The van der Waals surface area contributed by atoms with Crippen LogP contribution in [-0.2, 0) is 0 Å². The highest BCUT2D eigenvalue weighted by atomic mass is 14.0. The molecule has 0 atom stereocenters. The lowest BCUT2D eigenvalue weighted by Gasteiger charge is -1.98. The minimum Gasteiger partial charge on any atom is -0.0912 e. The van der Waals surface area contributed by atoms with Crippen molar-refractivity contribution in [2.24, 2.45) is 0 Å². The van der Waals surface area contributed by atoms with Crippen LogP contribution in [0.4, 0.5) is 0 Å². The maximum absolute atomic E-state index is 3.98. The monoisotopic (exact) mass is 174 g/mol. The van der Waals surface area contributed by atoms with Gasteiger partial charge in [0.25, 0.3) is 0 Å². The summed E-state index contributed by atoms with van der Waals surface area (Å²) in [6, 6.07) is 0. The van der Waals surface area contributed by atoms with Gasteiger partial charge in [0.15, 0.2) is 0 Å². The van der Waals surface area contributed by atoms with E-state index in [-0.39, 0.29) is 0 Å². The van der Waals surface area contributed by atoms with Crippen LogP contribution in [0.5, 0.6) is 0 Å². The van der Waals surface area contributed by atoms with Crippen molar-refractivity contribution in [3.63, 3.8) is 0 Å². The molecule has 0 heterocycles. The molecule has 0 aromatic rings. The van der Waals surface area contributed by atoms with E-state index in [0.717, 1.165) is 5.57 Å². The summed E-state index contributed by atoms with van der Waals surface area (Å²) in [5, 5.41) is 0. The van der Waals surface area contributed by atoms with E-state index < -0.39 is 0 Å². The van der Waals surface area contributed by atoms with Crippen LogP contribution >= 0.6 is 0 Å². The average Bonchev–Trinajstić information content (AvgIpc) is 2.14. The molecule has 0 aliphatic carbocycles. The van der Waals surface area contributed by atoms with Gasteiger partial charge in [0.1, 0.15) is 0 Å². The zero-order chi connectivity index (χ0) is 10.1. The zero-order valence-electron chi connectivity index (χ0n) is 8.75. The first kappa shape index (κ1) is 11.7. The summed E-state index contributed by atoms with van der Waals surface area (Å²) in [6.07, 6.45) is 14.1. The summed E-state index contributed by atoms with van der Waals surface area (Å²) in [5.74, 6) is 0. The van der Waals surface area contributed by atoms with E-state index in [1.54, 1.807) is 0 Å². The van der Waals surface area contributed by atoms with Crippen LogP contribution < -0.4 is 0 Å². The van der Waals surface area contributed by atoms with Gasteiger partial charge in [0.2, 0.25) is 0 Å². The first-order chi connectivity index (χ1) is 6.26. The molecule has 0 spiro atoms. The Morgan fingerprint density at radius 1 is 0.923 bits per heavy atom. The number of rotatable bonds is 4. The van der Waals surface area contributed by atoms with Gasteiger partial charge < -0.3 is 0 Å². The lowest BCUT2D eigenvalue weighted by atomic mass is 10.1. The summed E-state index contributed by atoms with van der Waals surface area (Å²) in [7, 11) is 0. The third-order valence-electron chi connectivity index (χ3n) is 1.63. The summed E-state index contributed by atoms with van der Waals surface area (Å²) in [4.78, 5) is 0. The van der Waals surface area contributed by atoms with Gasteiger partial charge >= 0.3 is 0 Å². The standard InChI is InChI=1S/C13H18/c1-5-8-9-11-12(4)13(7-3)10-6-2/h5-11H,4H2,1-3H3/b8-5-,10-6-,11-9-,13-7+. The Morgan fingerprint density at radius 3 is 2.08 bits per heavy atom. The largest absolute Gasteiger partial charge is 0.0912 e. The molecule has 0 saturated heterocycles. The lowest BCUT2D eigenvalue weighted by Crippen LogP contribution is -1.78. The molecule has 0 saturated carbocycles. The van der Waals surface area contributed by atoms with Crippen molar-refractivity contribution >= 4 is 0 Å². The minimum absolute atomic E-state index is 1.04. The molecule has 0 aromatic heterocycles. The molecule has 0 bridgehead atoms. The predicted octanol–water partition coefficient (Wildman–Crippen LogP) is 4.20. The fraction of sp³-hybridized carbons (Fsp3) is 0.231. The van der Waals surface area contributed by atoms with E-state index in [2.05, 4.69) is 18.7 Å². The predicted molar refractivity (Wildman–Crippen MR) is 61.7 cm³/mol. The molecule has 0 aliphatic heterocycles. The van der Waals surface area contributed by atoms with Gasteiger partial charge in [-0.2, -0.15) is 0 Å².